The lowest BCUT2D eigenvalue weighted by Gasteiger charge is -2.07. The number of carbonyl (C=O) groups excluding carboxylic acids is 1. The van der Waals surface area contributed by atoms with E-state index < -0.39 is 0 Å². The lowest BCUT2D eigenvalue weighted by molar-refractivity contribution is 0.102. The van der Waals surface area contributed by atoms with Crippen LogP contribution in [0, 0.1) is 5.82 Å². The minimum absolute atomic E-state index is 0.339. The normalized spacial score (nSPS) is 10.3. The maximum absolute atomic E-state index is 12.8. The van der Waals surface area contributed by atoms with Crippen molar-refractivity contribution in [2.45, 2.75) is 6.54 Å². The Kier molecular flexibility index (Phi) is 4.33. The number of furan rings is 1. The van der Waals surface area contributed by atoms with E-state index >= 15 is 0 Å². The summed E-state index contributed by atoms with van der Waals surface area (Å²) in [6, 6.07) is 12.5. The number of hydrogen-bond acceptors (Lipinski definition) is 4. The SMILES string of the molecule is O=C(Nc1ccc(NCc2ccco2)cn1)c1ccc(F)cc1. The summed E-state index contributed by atoms with van der Waals surface area (Å²) in [6.45, 7) is 0.552. The number of carbonyl (C=O) groups is 1. The van der Waals surface area contributed by atoms with E-state index in [-0.39, 0.29) is 11.7 Å². The molecule has 0 aliphatic carbocycles. The van der Waals surface area contributed by atoms with Gasteiger partial charge < -0.3 is 15.1 Å². The summed E-state index contributed by atoms with van der Waals surface area (Å²) in [7, 11) is 0. The number of amides is 1. The van der Waals surface area contributed by atoms with E-state index in [1.807, 2.05) is 12.1 Å². The highest BCUT2D eigenvalue weighted by Gasteiger charge is 2.07. The number of nitrogens with zero attached hydrogens (tertiary/aromatic N) is 1. The van der Waals surface area contributed by atoms with Crippen molar-refractivity contribution >= 4 is 17.4 Å². The summed E-state index contributed by atoms with van der Waals surface area (Å²) in [5, 5.41) is 5.81. The minimum atomic E-state index is -0.383. The molecule has 1 aromatic carbocycles. The molecular formula is C17H14FN3O2. The van der Waals surface area contributed by atoms with Gasteiger partial charge in [0.05, 0.1) is 24.7 Å². The standard InChI is InChI=1S/C17H14FN3O2/c18-13-5-3-12(4-6-13)17(22)21-16-8-7-14(10-20-16)19-11-15-2-1-9-23-15/h1-10,19H,11H2,(H,20,21,22). The fourth-order valence-electron chi connectivity index (χ4n) is 1.96. The maximum Gasteiger partial charge on any atom is 0.256 e. The highest BCUT2D eigenvalue weighted by Crippen LogP contribution is 2.13. The molecule has 2 aromatic heterocycles. The molecule has 3 aromatic rings. The van der Waals surface area contributed by atoms with Crippen molar-refractivity contribution in [3.63, 3.8) is 0 Å². The van der Waals surface area contributed by atoms with Crippen LogP contribution in [0.2, 0.25) is 0 Å². The largest absolute Gasteiger partial charge is 0.467 e. The number of benzene rings is 1. The van der Waals surface area contributed by atoms with Crippen LogP contribution >= 0.6 is 0 Å². The lowest BCUT2D eigenvalue weighted by atomic mass is 10.2. The molecule has 0 fully saturated rings. The van der Waals surface area contributed by atoms with Crippen molar-refractivity contribution in [1.29, 1.82) is 0 Å². The van der Waals surface area contributed by atoms with Gasteiger partial charge in [-0.25, -0.2) is 9.37 Å². The highest BCUT2D eigenvalue weighted by molar-refractivity contribution is 6.03. The lowest BCUT2D eigenvalue weighted by Crippen LogP contribution is -2.13. The Balaban J connectivity index is 1.58. The Labute approximate surface area is 132 Å². The highest BCUT2D eigenvalue weighted by atomic mass is 19.1. The fraction of sp³-hybridized carbons (Fsp3) is 0.0588. The van der Waals surface area contributed by atoms with Crippen LogP contribution in [-0.2, 0) is 6.54 Å². The van der Waals surface area contributed by atoms with Crippen LogP contribution < -0.4 is 10.6 Å². The third-order valence-electron chi connectivity index (χ3n) is 3.16. The van der Waals surface area contributed by atoms with E-state index in [2.05, 4.69) is 15.6 Å². The van der Waals surface area contributed by atoms with Gasteiger partial charge in [0.15, 0.2) is 0 Å². The van der Waals surface area contributed by atoms with Crippen molar-refractivity contribution in [3.8, 4) is 0 Å². The molecule has 23 heavy (non-hydrogen) atoms. The predicted molar refractivity (Wildman–Crippen MR) is 84.6 cm³/mol. The first-order chi connectivity index (χ1) is 11.2. The second-order valence-corrected chi connectivity index (χ2v) is 4.83. The van der Waals surface area contributed by atoms with E-state index in [1.165, 1.54) is 24.3 Å². The average Bonchev–Trinajstić information content (AvgIpc) is 3.08. The zero-order valence-corrected chi connectivity index (χ0v) is 12.1. The monoisotopic (exact) mass is 311 g/mol. The molecule has 0 spiro atoms. The number of rotatable bonds is 5. The van der Waals surface area contributed by atoms with Gasteiger partial charge in [0.1, 0.15) is 17.4 Å². The van der Waals surface area contributed by atoms with Gasteiger partial charge >= 0.3 is 0 Å². The molecular weight excluding hydrogens is 297 g/mol. The predicted octanol–water partition coefficient (Wildman–Crippen LogP) is 3.68. The number of pyridine rings is 1. The van der Waals surface area contributed by atoms with E-state index in [9.17, 15) is 9.18 Å². The van der Waals surface area contributed by atoms with Crippen LogP contribution in [0.25, 0.3) is 0 Å². The van der Waals surface area contributed by atoms with Gasteiger partial charge in [-0.3, -0.25) is 4.79 Å². The van der Waals surface area contributed by atoms with Gasteiger partial charge in [0.2, 0.25) is 0 Å². The minimum Gasteiger partial charge on any atom is -0.467 e. The number of hydrogen-bond donors (Lipinski definition) is 2. The molecule has 2 heterocycles. The van der Waals surface area contributed by atoms with Gasteiger partial charge in [0.25, 0.3) is 5.91 Å². The maximum atomic E-state index is 12.8. The summed E-state index contributed by atoms with van der Waals surface area (Å²) >= 11 is 0. The molecule has 6 heteroatoms. The molecule has 0 unspecified atom stereocenters. The van der Waals surface area contributed by atoms with E-state index in [1.54, 1.807) is 24.6 Å². The second-order valence-electron chi connectivity index (χ2n) is 4.83. The molecule has 5 nitrogen and oxygen atoms in total. The zero-order chi connectivity index (χ0) is 16.1. The van der Waals surface area contributed by atoms with Crippen molar-refractivity contribution < 1.29 is 13.6 Å². The van der Waals surface area contributed by atoms with Crippen LogP contribution in [0.4, 0.5) is 15.9 Å². The van der Waals surface area contributed by atoms with Crippen molar-refractivity contribution in [2.24, 2.45) is 0 Å². The van der Waals surface area contributed by atoms with Crippen LogP contribution in [0.15, 0.2) is 65.4 Å². The van der Waals surface area contributed by atoms with Crippen LogP contribution in [0.5, 0.6) is 0 Å². The van der Waals surface area contributed by atoms with Gasteiger partial charge in [-0.15, -0.1) is 0 Å². The first-order valence-corrected chi connectivity index (χ1v) is 7.00. The van der Waals surface area contributed by atoms with Gasteiger partial charge in [-0.2, -0.15) is 0 Å². The van der Waals surface area contributed by atoms with Crippen LogP contribution in [0.3, 0.4) is 0 Å². The molecule has 116 valence electrons. The molecule has 0 aliphatic heterocycles. The molecule has 0 aliphatic rings. The number of halogens is 1. The van der Waals surface area contributed by atoms with Crippen molar-refractivity contribution in [3.05, 3.63) is 78.1 Å². The summed E-state index contributed by atoms with van der Waals surface area (Å²) < 4.78 is 18.1. The van der Waals surface area contributed by atoms with Gasteiger partial charge in [-0.1, -0.05) is 0 Å². The quantitative estimate of drug-likeness (QED) is 0.754. The van der Waals surface area contributed by atoms with Gasteiger partial charge in [-0.05, 0) is 48.5 Å². The summed E-state index contributed by atoms with van der Waals surface area (Å²) in [4.78, 5) is 16.2. The summed E-state index contributed by atoms with van der Waals surface area (Å²) in [6.07, 6.45) is 3.23. The Morgan fingerprint density at radius 2 is 1.96 bits per heavy atom. The second kappa shape index (κ2) is 6.74. The Morgan fingerprint density at radius 1 is 1.13 bits per heavy atom. The number of aromatic nitrogens is 1. The first kappa shape index (κ1) is 14.8. The van der Waals surface area contributed by atoms with E-state index in [0.29, 0.717) is 17.9 Å². The molecule has 1 amide bonds. The Morgan fingerprint density at radius 3 is 2.61 bits per heavy atom. The molecule has 0 saturated heterocycles. The first-order valence-electron chi connectivity index (χ1n) is 7.00. The Hall–Kier alpha value is -3.15. The topological polar surface area (TPSA) is 67.2 Å². The Bertz CT molecular complexity index is 769. The molecule has 0 bridgehead atoms. The summed E-state index contributed by atoms with van der Waals surface area (Å²) in [5.41, 5.74) is 1.18. The molecule has 2 N–H and O–H groups in total. The molecule has 0 radical (unpaired) electrons. The zero-order valence-electron chi connectivity index (χ0n) is 12.1. The van der Waals surface area contributed by atoms with Crippen molar-refractivity contribution in [1.82, 2.24) is 4.98 Å². The third kappa shape index (κ3) is 3.94. The smallest absolute Gasteiger partial charge is 0.256 e. The molecule has 0 saturated carbocycles. The average molecular weight is 311 g/mol. The number of anilines is 2. The third-order valence-corrected chi connectivity index (χ3v) is 3.16. The van der Waals surface area contributed by atoms with E-state index in [0.717, 1.165) is 11.4 Å². The molecule has 3 rings (SSSR count). The van der Waals surface area contributed by atoms with Crippen LogP contribution in [-0.4, -0.2) is 10.9 Å². The summed E-state index contributed by atoms with van der Waals surface area (Å²) in [5.74, 6) is 0.516. The van der Waals surface area contributed by atoms with E-state index in [4.69, 9.17) is 4.42 Å². The fourth-order valence-corrected chi connectivity index (χ4v) is 1.96. The molecule has 0 atom stereocenters. The van der Waals surface area contributed by atoms with Crippen LogP contribution in [0.1, 0.15) is 16.1 Å². The van der Waals surface area contributed by atoms with Crippen molar-refractivity contribution in [2.75, 3.05) is 10.6 Å². The van der Waals surface area contributed by atoms with Gasteiger partial charge in [0, 0.05) is 5.56 Å². The number of nitrogens with one attached hydrogen (secondary N) is 2.